The Kier molecular flexibility index (Phi) is 5.88. The molecule has 138 valence electrons. The predicted molar refractivity (Wildman–Crippen MR) is 108 cm³/mol. The summed E-state index contributed by atoms with van der Waals surface area (Å²) in [4.78, 5) is 13.5. The van der Waals surface area contributed by atoms with E-state index in [2.05, 4.69) is 10.6 Å². The van der Waals surface area contributed by atoms with E-state index in [4.69, 9.17) is 17.0 Å². The Morgan fingerprint density at radius 1 is 1.23 bits per heavy atom. The number of anilines is 2. The van der Waals surface area contributed by atoms with Crippen molar-refractivity contribution in [3.05, 3.63) is 45.6 Å². The van der Waals surface area contributed by atoms with Gasteiger partial charge in [0.15, 0.2) is 5.11 Å². The lowest BCUT2D eigenvalue weighted by atomic mass is 10.1. The Labute approximate surface area is 161 Å². The zero-order chi connectivity index (χ0) is 18.7. The van der Waals surface area contributed by atoms with Crippen molar-refractivity contribution in [3.63, 3.8) is 0 Å². The summed E-state index contributed by atoms with van der Waals surface area (Å²) < 4.78 is 18.9. The molecule has 3 rings (SSSR count). The smallest absolute Gasteiger partial charge is 0.341 e. The predicted octanol–water partition coefficient (Wildman–Crippen LogP) is 5.06. The molecule has 26 heavy (non-hydrogen) atoms. The Bertz CT molecular complexity index is 848. The minimum absolute atomic E-state index is 0.246. The molecule has 1 aromatic heterocycles. The number of rotatable bonds is 3. The highest BCUT2D eigenvalue weighted by molar-refractivity contribution is 7.80. The van der Waals surface area contributed by atoms with E-state index < -0.39 is 0 Å². The monoisotopic (exact) mass is 392 g/mol. The van der Waals surface area contributed by atoms with Gasteiger partial charge in [-0.05, 0) is 68.1 Å². The molecule has 0 saturated carbocycles. The number of nitrogens with one attached hydrogen (secondary N) is 2. The number of methoxy groups -OCH3 is 1. The summed E-state index contributed by atoms with van der Waals surface area (Å²) in [6.45, 7) is 1.88. The second kappa shape index (κ2) is 8.14. The van der Waals surface area contributed by atoms with Gasteiger partial charge in [-0.15, -0.1) is 11.3 Å². The van der Waals surface area contributed by atoms with Gasteiger partial charge >= 0.3 is 5.97 Å². The largest absolute Gasteiger partial charge is 0.465 e. The van der Waals surface area contributed by atoms with Crippen molar-refractivity contribution in [2.24, 2.45) is 0 Å². The number of thiocarbonyl (C=S) groups is 1. The molecule has 7 heteroatoms. The second-order valence-corrected chi connectivity index (χ2v) is 7.84. The molecule has 0 aliphatic heterocycles. The molecule has 1 aliphatic carbocycles. The average Bonchev–Trinajstić information content (AvgIpc) is 2.78. The lowest BCUT2D eigenvalue weighted by Gasteiger charge is -2.12. The van der Waals surface area contributed by atoms with Crippen LogP contribution in [-0.4, -0.2) is 18.2 Å². The van der Waals surface area contributed by atoms with Crippen LogP contribution in [0.3, 0.4) is 0 Å². The van der Waals surface area contributed by atoms with Gasteiger partial charge in [-0.2, -0.15) is 0 Å². The number of esters is 1. The highest BCUT2D eigenvalue weighted by Gasteiger charge is 2.25. The summed E-state index contributed by atoms with van der Waals surface area (Å²) in [5.41, 5.74) is 2.85. The number of benzene rings is 1. The van der Waals surface area contributed by atoms with Crippen molar-refractivity contribution in [2.75, 3.05) is 17.7 Å². The van der Waals surface area contributed by atoms with E-state index in [0.29, 0.717) is 16.3 Å². The third-order valence-electron chi connectivity index (χ3n) is 4.41. The van der Waals surface area contributed by atoms with Gasteiger partial charge in [-0.25, -0.2) is 9.18 Å². The van der Waals surface area contributed by atoms with Crippen LogP contribution in [0.5, 0.6) is 0 Å². The normalized spacial score (nSPS) is 13.5. The van der Waals surface area contributed by atoms with Gasteiger partial charge in [0.2, 0.25) is 0 Å². The van der Waals surface area contributed by atoms with E-state index in [1.807, 2.05) is 6.92 Å². The highest BCUT2D eigenvalue weighted by Crippen LogP contribution is 2.38. The Balaban J connectivity index is 1.85. The summed E-state index contributed by atoms with van der Waals surface area (Å²) in [5.74, 6) is -0.744. The van der Waals surface area contributed by atoms with Crippen molar-refractivity contribution in [2.45, 2.75) is 39.0 Å². The molecule has 0 amide bonds. The lowest BCUT2D eigenvalue weighted by Crippen LogP contribution is -2.21. The van der Waals surface area contributed by atoms with E-state index in [0.717, 1.165) is 43.2 Å². The summed E-state index contributed by atoms with van der Waals surface area (Å²) in [6, 6.07) is 4.78. The van der Waals surface area contributed by atoms with Crippen LogP contribution >= 0.6 is 23.6 Å². The van der Waals surface area contributed by atoms with Gasteiger partial charge in [0, 0.05) is 4.88 Å². The van der Waals surface area contributed by atoms with Crippen molar-refractivity contribution in [1.82, 2.24) is 0 Å². The molecular weight excluding hydrogens is 371 g/mol. The third kappa shape index (κ3) is 4.04. The first-order valence-electron chi connectivity index (χ1n) is 8.56. The molecular formula is C19H21FN2O2S2. The van der Waals surface area contributed by atoms with E-state index in [1.165, 1.54) is 29.4 Å². The highest BCUT2D eigenvalue weighted by atomic mass is 32.1. The number of halogens is 1. The minimum atomic E-state index is -0.380. The van der Waals surface area contributed by atoms with Gasteiger partial charge in [0.25, 0.3) is 0 Å². The molecule has 1 heterocycles. The number of thiophene rings is 1. The lowest BCUT2D eigenvalue weighted by molar-refractivity contribution is 0.0601. The maximum absolute atomic E-state index is 13.9. The minimum Gasteiger partial charge on any atom is -0.465 e. The van der Waals surface area contributed by atoms with Gasteiger partial charge in [0.1, 0.15) is 10.8 Å². The van der Waals surface area contributed by atoms with Crippen LogP contribution in [0, 0.1) is 12.7 Å². The molecule has 0 fully saturated rings. The summed E-state index contributed by atoms with van der Waals surface area (Å²) >= 11 is 6.87. The molecule has 0 saturated heterocycles. The molecule has 0 unspecified atom stereocenters. The van der Waals surface area contributed by atoms with E-state index in [9.17, 15) is 9.18 Å². The molecule has 1 aliphatic rings. The number of hydrogen-bond donors (Lipinski definition) is 2. The number of aryl methyl sites for hydroxylation is 2. The van der Waals surface area contributed by atoms with Crippen LogP contribution < -0.4 is 10.6 Å². The van der Waals surface area contributed by atoms with Gasteiger partial charge in [-0.3, -0.25) is 0 Å². The van der Waals surface area contributed by atoms with E-state index in [1.54, 1.807) is 12.1 Å². The van der Waals surface area contributed by atoms with Crippen molar-refractivity contribution < 1.29 is 13.9 Å². The molecule has 1 aromatic carbocycles. The van der Waals surface area contributed by atoms with Crippen LogP contribution in [-0.2, 0) is 17.6 Å². The maximum Gasteiger partial charge on any atom is 0.341 e. The Morgan fingerprint density at radius 3 is 2.77 bits per heavy atom. The van der Waals surface area contributed by atoms with Gasteiger partial charge < -0.3 is 15.4 Å². The van der Waals surface area contributed by atoms with Crippen molar-refractivity contribution in [1.29, 1.82) is 0 Å². The summed E-state index contributed by atoms with van der Waals surface area (Å²) in [6.07, 6.45) is 5.16. The Morgan fingerprint density at radius 2 is 2.00 bits per heavy atom. The van der Waals surface area contributed by atoms with Crippen LogP contribution in [0.1, 0.15) is 45.6 Å². The summed E-state index contributed by atoms with van der Waals surface area (Å²) in [7, 11) is 1.38. The van der Waals surface area contributed by atoms with Crippen LogP contribution in [0.2, 0.25) is 0 Å². The fourth-order valence-electron chi connectivity index (χ4n) is 3.14. The SMILES string of the molecule is COC(=O)c1c(NC(=S)Nc2cc(C)ccc2F)sc2c1CCCCC2. The fraction of sp³-hybridized carbons (Fsp3) is 0.368. The molecule has 4 nitrogen and oxygen atoms in total. The van der Waals surface area contributed by atoms with Crippen molar-refractivity contribution >= 4 is 45.3 Å². The molecule has 2 N–H and O–H groups in total. The molecule has 0 spiro atoms. The molecule has 2 aromatic rings. The number of ether oxygens (including phenoxy) is 1. The number of carbonyl (C=O) groups is 1. The van der Waals surface area contributed by atoms with Gasteiger partial charge in [-0.1, -0.05) is 12.5 Å². The van der Waals surface area contributed by atoms with Crippen LogP contribution in [0.25, 0.3) is 0 Å². The number of fused-ring (bicyclic) bond motifs is 1. The topological polar surface area (TPSA) is 50.4 Å². The summed E-state index contributed by atoms with van der Waals surface area (Å²) in [5, 5.41) is 6.85. The zero-order valence-corrected chi connectivity index (χ0v) is 16.4. The molecule has 0 atom stereocenters. The quantitative estimate of drug-likeness (QED) is 0.434. The van der Waals surface area contributed by atoms with E-state index >= 15 is 0 Å². The third-order valence-corrected chi connectivity index (χ3v) is 5.82. The molecule has 0 bridgehead atoms. The van der Waals surface area contributed by atoms with Gasteiger partial charge in [0.05, 0.1) is 18.4 Å². The second-order valence-electron chi connectivity index (χ2n) is 6.32. The van der Waals surface area contributed by atoms with Crippen LogP contribution in [0.15, 0.2) is 18.2 Å². The fourth-order valence-corrected chi connectivity index (χ4v) is 4.70. The number of carbonyl (C=O) groups excluding carboxylic acids is 1. The number of hydrogen-bond acceptors (Lipinski definition) is 4. The van der Waals surface area contributed by atoms with Crippen LogP contribution in [0.4, 0.5) is 15.1 Å². The first-order valence-corrected chi connectivity index (χ1v) is 9.79. The average molecular weight is 393 g/mol. The standard InChI is InChI=1S/C19H21FN2O2S2/c1-11-8-9-13(20)14(10-11)21-19(25)22-17-16(18(23)24-2)12-6-4-3-5-7-15(12)26-17/h8-10H,3-7H2,1-2H3,(H2,21,22,25). The first-order chi connectivity index (χ1) is 12.5. The first kappa shape index (κ1) is 18.8. The van der Waals surface area contributed by atoms with Crippen molar-refractivity contribution in [3.8, 4) is 0 Å². The Hall–Kier alpha value is -1.99. The molecule has 0 radical (unpaired) electrons. The van der Waals surface area contributed by atoms with E-state index in [-0.39, 0.29) is 16.9 Å². The maximum atomic E-state index is 13.9. The zero-order valence-electron chi connectivity index (χ0n) is 14.8.